The topological polar surface area (TPSA) is 80.9 Å². The molecule has 2 heterocycles. The van der Waals surface area contributed by atoms with Crippen molar-refractivity contribution >= 4 is 5.97 Å². The Morgan fingerprint density at radius 3 is 3.31 bits per heavy atom. The van der Waals surface area contributed by atoms with E-state index in [4.69, 9.17) is 5.11 Å². The number of aromatic nitrogens is 4. The van der Waals surface area contributed by atoms with Gasteiger partial charge in [-0.2, -0.15) is 0 Å². The summed E-state index contributed by atoms with van der Waals surface area (Å²) in [7, 11) is 0. The van der Waals surface area contributed by atoms with Gasteiger partial charge >= 0.3 is 5.97 Å². The maximum Gasteiger partial charge on any atom is 0.304 e. The van der Waals surface area contributed by atoms with E-state index in [1.54, 1.807) is 4.68 Å². The summed E-state index contributed by atoms with van der Waals surface area (Å²) in [5, 5.41) is 19.8. The third-order valence-electron chi connectivity index (χ3n) is 2.27. The molecule has 6 heteroatoms. The fraction of sp³-hybridized carbons (Fsp3) is 0.714. The molecule has 1 N–H and O–H groups in total. The van der Waals surface area contributed by atoms with Gasteiger partial charge < -0.3 is 5.11 Å². The second-order valence-corrected chi connectivity index (χ2v) is 3.20. The molecule has 0 saturated heterocycles. The molecule has 1 aliphatic rings. The van der Waals surface area contributed by atoms with Gasteiger partial charge in [0.15, 0.2) is 5.82 Å². The highest BCUT2D eigenvalue weighted by molar-refractivity contribution is 5.67. The van der Waals surface area contributed by atoms with Gasteiger partial charge in [-0.25, -0.2) is 4.68 Å². The summed E-state index contributed by atoms with van der Waals surface area (Å²) in [4.78, 5) is 10.5. The molecule has 0 saturated carbocycles. The molecule has 1 aromatic heterocycles. The zero-order valence-corrected chi connectivity index (χ0v) is 7.05. The zero-order valence-electron chi connectivity index (χ0n) is 7.05. The Balaban J connectivity index is 2.20. The van der Waals surface area contributed by atoms with Crippen molar-refractivity contribution in [2.45, 2.75) is 31.7 Å². The fourth-order valence-corrected chi connectivity index (χ4v) is 1.68. The Kier molecular flexibility index (Phi) is 1.96. The lowest BCUT2D eigenvalue weighted by Gasteiger charge is -2.18. The monoisotopic (exact) mass is 182 g/mol. The summed E-state index contributed by atoms with van der Waals surface area (Å²) in [6, 6.07) is 0. The molecule has 2 rings (SSSR count). The molecule has 13 heavy (non-hydrogen) atoms. The average molecular weight is 182 g/mol. The number of fused-ring (bicyclic) bond motifs is 1. The van der Waals surface area contributed by atoms with Crippen molar-refractivity contribution in [1.29, 1.82) is 0 Å². The lowest BCUT2D eigenvalue weighted by molar-refractivity contribution is -0.137. The maximum atomic E-state index is 10.5. The summed E-state index contributed by atoms with van der Waals surface area (Å²) >= 11 is 0. The summed E-state index contributed by atoms with van der Waals surface area (Å²) in [6.07, 6.45) is 1.95. The highest BCUT2D eigenvalue weighted by atomic mass is 16.4. The highest BCUT2D eigenvalue weighted by Crippen LogP contribution is 2.26. The van der Waals surface area contributed by atoms with E-state index in [2.05, 4.69) is 15.5 Å². The van der Waals surface area contributed by atoms with E-state index in [1.165, 1.54) is 0 Å². The molecule has 0 amide bonds. The standard InChI is InChI=1S/C7H10N4O2/c12-6(13)4-5-2-1-3-11-7(5)8-9-10-11/h5H,1-4H2,(H,12,13). The third kappa shape index (κ3) is 1.51. The van der Waals surface area contributed by atoms with Crippen LogP contribution >= 0.6 is 0 Å². The molecule has 1 aromatic rings. The first-order valence-electron chi connectivity index (χ1n) is 4.25. The first-order chi connectivity index (χ1) is 6.27. The van der Waals surface area contributed by atoms with Gasteiger partial charge in [-0.15, -0.1) is 5.10 Å². The van der Waals surface area contributed by atoms with E-state index < -0.39 is 5.97 Å². The van der Waals surface area contributed by atoms with Gasteiger partial charge in [0.05, 0.1) is 6.42 Å². The van der Waals surface area contributed by atoms with Crippen molar-refractivity contribution in [3.05, 3.63) is 5.82 Å². The van der Waals surface area contributed by atoms with Crippen LogP contribution in [0.25, 0.3) is 0 Å². The van der Waals surface area contributed by atoms with Crippen LogP contribution in [0.15, 0.2) is 0 Å². The lowest BCUT2D eigenvalue weighted by Crippen LogP contribution is -2.19. The number of hydrogen-bond acceptors (Lipinski definition) is 4. The Morgan fingerprint density at radius 2 is 2.54 bits per heavy atom. The second kappa shape index (κ2) is 3.12. The van der Waals surface area contributed by atoms with E-state index in [0.717, 1.165) is 19.4 Å². The van der Waals surface area contributed by atoms with Crippen LogP contribution < -0.4 is 0 Å². The Labute approximate surface area is 74.6 Å². The summed E-state index contributed by atoms with van der Waals surface area (Å²) in [5.74, 6) is -0.0867. The molecular formula is C7H10N4O2. The predicted molar refractivity (Wildman–Crippen MR) is 42.0 cm³/mol. The molecule has 0 aliphatic carbocycles. The smallest absolute Gasteiger partial charge is 0.304 e. The van der Waals surface area contributed by atoms with Crippen molar-refractivity contribution in [3.8, 4) is 0 Å². The average Bonchev–Trinajstić information content (AvgIpc) is 2.51. The SMILES string of the molecule is O=C(O)CC1CCCn2nnnc21. The molecule has 1 aliphatic heterocycles. The predicted octanol–water partition coefficient (Wildman–Crippen LogP) is 0.0252. The normalized spacial score (nSPS) is 21.1. The van der Waals surface area contributed by atoms with Crippen molar-refractivity contribution in [1.82, 2.24) is 20.2 Å². The number of aliphatic carboxylic acids is 1. The molecule has 0 aromatic carbocycles. The number of carboxylic acids is 1. The van der Waals surface area contributed by atoms with Crippen LogP contribution in [0.5, 0.6) is 0 Å². The van der Waals surface area contributed by atoms with Crippen LogP contribution in [-0.2, 0) is 11.3 Å². The van der Waals surface area contributed by atoms with Crippen LogP contribution in [-0.4, -0.2) is 31.3 Å². The number of nitrogens with zero attached hydrogens (tertiary/aromatic N) is 4. The Morgan fingerprint density at radius 1 is 1.69 bits per heavy atom. The summed E-state index contributed by atoms with van der Waals surface area (Å²) < 4.78 is 1.69. The van der Waals surface area contributed by atoms with Gasteiger partial charge in [-0.3, -0.25) is 4.79 Å². The van der Waals surface area contributed by atoms with Gasteiger partial charge in [0.25, 0.3) is 0 Å². The van der Waals surface area contributed by atoms with Crippen molar-refractivity contribution < 1.29 is 9.90 Å². The van der Waals surface area contributed by atoms with E-state index in [9.17, 15) is 4.79 Å². The highest BCUT2D eigenvalue weighted by Gasteiger charge is 2.25. The van der Waals surface area contributed by atoms with Gasteiger partial charge in [0.1, 0.15) is 0 Å². The van der Waals surface area contributed by atoms with Crippen LogP contribution in [0.2, 0.25) is 0 Å². The number of aryl methyl sites for hydroxylation is 1. The maximum absolute atomic E-state index is 10.5. The second-order valence-electron chi connectivity index (χ2n) is 3.20. The first-order valence-corrected chi connectivity index (χ1v) is 4.25. The quantitative estimate of drug-likeness (QED) is 0.697. The van der Waals surface area contributed by atoms with Gasteiger partial charge in [-0.1, -0.05) is 0 Å². The van der Waals surface area contributed by atoms with Gasteiger partial charge in [-0.05, 0) is 23.3 Å². The molecule has 1 atom stereocenters. The van der Waals surface area contributed by atoms with Crippen LogP contribution in [0, 0.1) is 0 Å². The Bertz CT molecular complexity index is 322. The molecular weight excluding hydrogens is 172 g/mol. The van der Waals surface area contributed by atoms with Crippen molar-refractivity contribution in [2.24, 2.45) is 0 Å². The molecule has 0 spiro atoms. The van der Waals surface area contributed by atoms with E-state index in [1.807, 2.05) is 0 Å². The number of carbonyl (C=O) groups is 1. The molecule has 70 valence electrons. The molecule has 0 fully saturated rings. The number of carboxylic acid groups (broad SMARTS) is 1. The fourth-order valence-electron chi connectivity index (χ4n) is 1.68. The Hall–Kier alpha value is -1.46. The molecule has 0 radical (unpaired) electrons. The molecule has 0 bridgehead atoms. The minimum absolute atomic E-state index is 0.0127. The van der Waals surface area contributed by atoms with Gasteiger partial charge in [0, 0.05) is 12.5 Å². The third-order valence-corrected chi connectivity index (χ3v) is 2.27. The van der Waals surface area contributed by atoms with Crippen molar-refractivity contribution in [2.75, 3.05) is 0 Å². The minimum atomic E-state index is -0.790. The van der Waals surface area contributed by atoms with E-state index in [-0.39, 0.29) is 12.3 Å². The number of rotatable bonds is 2. The summed E-state index contributed by atoms with van der Waals surface area (Å²) in [5.41, 5.74) is 0. The molecule has 6 nitrogen and oxygen atoms in total. The molecule has 1 unspecified atom stereocenters. The number of tetrazole rings is 1. The first kappa shape index (κ1) is 8.15. The van der Waals surface area contributed by atoms with E-state index in [0.29, 0.717) is 5.82 Å². The van der Waals surface area contributed by atoms with Crippen LogP contribution in [0.1, 0.15) is 31.0 Å². The van der Waals surface area contributed by atoms with E-state index >= 15 is 0 Å². The van der Waals surface area contributed by atoms with Crippen LogP contribution in [0.4, 0.5) is 0 Å². The lowest BCUT2D eigenvalue weighted by atomic mass is 9.96. The van der Waals surface area contributed by atoms with Crippen molar-refractivity contribution in [3.63, 3.8) is 0 Å². The van der Waals surface area contributed by atoms with Gasteiger partial charge in [0.2, 0.25) is 0 Å². The summed E-state index contributed by atoms with van der Waals surface area (Å²) in [6.45, 7) is 0.804. The minimum Gasteiger partial charge on any atom is -0.481 e. The largest absolute Gasteiger partial charge is 0.481 e. The zero-order chi connectivity index (χ0) is 9.26. The number of hydrogen-bond donors (Lipinski definition) is 1. The van der Waals surface area contributed by atoms with Crippen LogP contribution in [0.3, 0.4) is 0 Å².